The van der Waals surface area contributed by atoms with Gasteiger partial charge in [0.2, 0.25) is 0 Å². The molecule has 4 rings (SSSR count). The van der Waals surface area contributed by atoms with Crippen molar-refractivity contribution in [3.05, 3.63) is 94.4 Å². The largest absolute Gasteiger partial charge is 0.482 e. The Morgan fingerprint density at radius 2 is 1.58 bits per heavy atom. The first kappa shape index (κ1) is 22.4. The standard InChI is InChI=1S/C26H22N2O4S/c1-17-3-9-20(10-4-17)27-26-28(21-11-5-18(2)6-12-21)25(31)23(33-26)15-19-7-13-22(14-8-19)32-16-24(29)30/h3-15H,16H2,1-2H3,(H,29,30). The monoisotopic (exact) mass is 458 g/mol. The van der Waals surface area contributed by atoms with Crippen molar-refractivity contribution in [1.29, 1.82) is 0 Å². The van der Waals surface area contributed by atoms with Gasteiger partial charge in [-0.15, -0.1) is 0 Å². The maximum absolute atomic E-state index is 13.4. The van der Waals surface area contributed by atoms with E-state index in [1.165, 1.54) is 11.8 Å². The molecule has 0 radical (unpaired) electrons. The molecule has 1 saturated heterocycles. The third kappa shape index (κ3) is 5.51. The molecule has 0 unspecified atom stereocenters. The van der Waals surface area contributed by atoms with Gasteiger partial charge in [0.25, 0.3) is 5.91 Å². The van der Waals surface area contributed by atoms with Crippen LogP contribution in [0.1, 0.15) is 16.7 Å². The van der Waals surface area contributed by atoms with Crippen LogP contribution in [-0.2, 0) is 9.59 Å². The molecule has 6 nitrogen and oxygen atoms in total. The summed E-state index contributed by atoms with van der Waals surface area (Å²) < 4.78 is 5.17. The zero-order valence-electron chi connectivity index (χ0n) is 18.2. The zero-order valence-corrected chi connectivity index (χ0v) is 19.0. The van der Waals surface area contributed by atoms with Crippen molar-refractivity contribution in [3.63, 3.8) is 0 Å². The number of aliphatic imine (C=N–C) groups is 1. The molecule has 0 aliphatic carbocycles. The minimum absolute atomic E-state index is 0.152. The lowest BCUT2D eigenvalue weighted by molar-refractivity contribution is -0.139. The molecule has 1 amide bonds. The first-order valence-corrected chi connectivity index (χ1v) is 11.1. The number of aliphatic carboxylic acids is 1. The molecule has 0 saturated carbocycles. The summed E-state index contributed by atoms with van der Waals surface area (Å²) >= 11 is 1.32. The number of hydrogen-bond acceptors (Lipinski definition) is 5. The van der Waals surface area contributed by atoms with E-state index in [0.29, 0.717) is 15.8 Å². The predicted molar refractivity (Wildman–Crippen MR) is 132 cm³/mol. The first-order valence-electron chi connectivity index (χ1n) is 10.3. The van der Waals surface area contributed by atoms with Gasteiger partial charge in [-0.2, -0.15) is 0 Å². The van der Waals surface area contributed by atoms with Crippen LogP contribution in [-0.4, -0.2) is 28.8 Å². The van der Waals surface area contributed by atoms with E-state index in [4.69, 9.17) is 14.8 Å². The summed E-state index contributed by atoms with van der Waals surface area (Å²) in [5, 5.41) is 9.32. The van der Waals surface area contributed by atoms with Crippen LogP contribution in [0.15, 0.2) is 82.7 Å². The molecule has 1 heterocycles. The third-order valence-electron chi connectivity index (χ3n) is 4.90. The minimum atomic E-state index is -1.04. The molecule has 1 aliphatic rings. The molecule has 33 heavy (non-hydrogen) atoms. The van der Waals surface area contributed by atoms with Crippen LogP contribution in [0.25, 0.3) is 6.08 Å². The lowest BCUT2D eigenvalue weighted by Crippen LogP contribution is -2.28. The average molecular weight is 459 g/mol. The lowest BCUT2D eigenvalue weighted by atomic mass is 10.2. The Bertz CT molecular complexity index is 1230. The van der Waals surface area contributed by atoms with Crippen molar-refractivity contribution in [2.75, 3.05) is 11.5 Å². The number of amides is 1. The van der Waals surface area contributed by atoms with Crippen LogP contribution >= 0.6 is 11.8 Å². The first-order chi connectivity index (χ1) is 15.9. The maximum Gasteiger partial charge on any atom is 0.341 e. The summed E-state index contributed by atoms with van der Waals surface area (Å²) in [6.07, 6.45) is 1.80. The summed E-state index contributed by atoms with van der Waals surface area (Å²) in [7, 11) is 0. The Labute approximate surface area is 196 Å². The molecule has 0 bridgehead atoms. The van der Waals surface area contributed by atoms with Gasteiger partial charge in [0.15, 0.2) is 11.8 Å². The second-order valence-electron chi connectivity index (χ2n) is 7.57. The zero-order chi connectivity index (χ0) is 23.4. The van der Waals surface area contributed by atoms with Gasteiger partial charge in [0, 0.05) is 0 Å². The van der Waals surface area contributed by atoms with Gasteiger partial charge < -0.3 is 9.84 Å². The molecule has 0 spiro atoms. The number of anilines is 1. The fourth-order valence-electron chi connectivity index (χ4n) is 3.16. The van der Waals surface area contributed by atoms with Crippen molar-refractivity contribution in [2.24, 2.45) is 4.99 Å². The Kier molecular flexibility index (Phi) is 6.60. The number of carboxylic acid groups (broad SMARTS) is 1. The van der Waals surface area contributed by atoms with Crippen LogP contribution in [0.5, 0.6) is 5.75 Å². The van der Waals surface area contributed by atoms with E-state index in [-0.39, 0.29) is 5.91 Å². The highest BCUT2D eigenvalue weighted by atomic mass is 32.2. The molecular formula is C26H22N2O4S. The molecule has 3 aromatic rings. The van der Waals surface area contributed by atoms with E-state index in [0.717, 1.165) is 28.1 Å². The number of benzene rings is 3. The smallest absolute Gasteiger partial charge is 0.341 e. The number of thioether (sulfide) groups is 1. The number of hydrogen-bond donors (Lipinski definition) is 1. The number of carbonyl (C=O) groups excluding carboxylic acids is 1. The lowest BCUT2D eigenvalue weighted by Gasteiger charge is -2.16. The van der Waals surface area contributed by atoms with Crippen molar-refractivity contribution in [3.8, 4) is 5.75 Å². The fourth-order valence-corrected chi connectivity index (χ4v) is 4.16. The number of carboxylic acids is 1. The van der Waals surface area contributed by atoms with Crippen molar-refractivity contribution in [1.82, 2.24) is 0 Å². The van der Waals surface area contributed by atoms with Crippen LogP contribution in [0.4, 0.5) is 11.4 Å². The number of amidine groups is 1. The Balaban J connectivity index is 1.65. The predicted octanol–water partition coefficient (Wildman–Crippen LogP) is 5.58. The second kappa shape index (κ2) is 9.75. The number of ether oxygens (including phenoxy) is 1. The van der Waals surface area contributed by atoms with E-state index >= 15 is 0 Å². The van der Waals surface area contributed by atoms with Crippen LogP contribution in [0, 0.1) is 13.8 Å². The normalized spacial score (nSPS) is 15.9. The summed E-state index contributed by atoms with van der Waals surface area (Å²) in [6.45, 7) is 3.61. The van der Waals surface area contributed by atoms with E-state index in [2.05, 4.69) is 0 Å². The Morgan fingerprint density at radius 1 is 0.970 bits per heavy atom. The summed E-state index contributed by atoms with van der Waals surface area (Å²) in [4.78, 5) is 30.9. The van der Waals surface area contributed by atoms with Gasteiger partial charge in [-0.3, -0.25) is 9.69 Å². The van der Waals surface area contributed by atoms with Crippen molar-refractivity contribution in [2.45, 2.75) is 13.8 Å². The van der Waals surface area contributed by atoms with E-state index in [1.807, 2.05) is 62.4 Å². The molecule has 3 aromatic carbocycles. The summed E-state index contributed by atoms with van der Waals surface area (Å²) in [5.74, 6) is -0.737. The van der Waals surface area contributed by atoms with Gasteiger partial charge in [-0.05, 0) is 73.6 Å². The Hall–Kier alpha value is -3.84. The van der Waals surface area contributed by atoms with Gasteiger partial charge in [-0.25, -0.2) is 9.79 Å². The Morgan fingerprint density at radius 3 is 2.18 bits per heavy atom. The number of aryl methyl sites for hydroxylation is 2. The van der Waals surface area contributed by atoms with E-state index < -0.39 is 12.6 Å². The highest BCUT2D eigenvalue weighted by Crippen LogP contribution is 2.37. The van der Waals surface area contributed by atoms with Crippen LogP contribution in [0.2, 0.25) is 0 Å². The molecule has 166 valence electrons. The molecule has 0 aromatic heterocycles. The van der Waals surface area contributed by atoms with Gasteiger partial charge in [0.1, 0.15) is 5.75 Å². The molecule has 1 N–H and O–H groups in total. The highest BCUT2D eigenvalue weighted by Gasteiger charge is 2.34. The summed E-state index contributed by atoms with van der Waals surface area (Å²) in [6, 6.07) is 22.5. The van der Waals surface area contributed by atoms with Crippen molar-refractivity contribution >= 4 is 46.3 Å². The van der Waals surface area contributed by atoms with Gasteiger partial charge in [-0.1, -0.05) is 47.5 Å². The molecule has 0 atom stereocenters. The van der Waals surface area contributed by atoms with Crippen LogP contribution in [0.3, 0.4) is 0 Å². The van der Waals surface area contributed by atoms with Crippen molar-refractivity contribution < 1.29 is 19.4 Å². The SMILES string of the molecule is Cc1ccc(N=C2SC(=Cc3ccc(OCC(=O)O)cc3)C(=O)N2c2ccc(C)cc2)cc1. The molecule has 1 fully saturated rings. The number of carbonyl (C=O) groups is 2. The van der Waals surface area contributed by atoms with Gasteiger partial charge in [0.05, 0.1) is 16.3 Å². The second-order valence-corrected chi connectivity index (χ2v) is 8.58. The highest BCUT2D eigenvalue weighted by molar-refractivity contribution is 8.19. The number of nitrogens with zero attached hydrogens (tertiary/aromatic N) is 2. The molecule has 7 heteroatoms. The quantitative estimate of drug-likeness (QED) is 0.488. The maximum atomic E-state index is 13.4. The van der Waals surface area contributed by atoms with Gasteiger partial charge >= 0.3 is 5.97 Å². The molecule has 1 aliphatic heterocycles. The average Bonchev–Trinajstić information content (AvgIpc) is 3.10. The van der Waals surface area contributed by atoms with Crippen LogP contribution < -0.4 is 9.64 Å². The fraction of sp³-hybridized carbons (Fsp3) is 0.115. The minimum Gasteiger partial charge on any atom is -0.482 e. The summed E-state index contributed by atoms with van der Waals surface area (Å²) in [5.41, 5.74) is 4.57. The number of rotatable bonds is 6. The molecular weight excluding hydrogens is 436 g/mol. The van der Waals surface area contributed by atoms with E-state index in [9.17, 15) is 9.59 Å². The van der Waals surface area contributed by atoms with E-state index in [1.54, 1.807) is 35.2 Å². The topological polar surface area (TPSA) is 79.2 Å². The third-order valence-corrected chi connectivity index (χ3v) is 5.87.